The molecule has 0 aliphatic rings. The van der Waals surface area contributed by atoms with Gasteiger partial charge < -0.3 is 14.8 Å². The Hall–Kier alpha value is -2.45. The van der Waals surface area contributed by atoms with Crippen molar-refractivity contribution in [2.75, 3.05) is 18.5 Å². The lowest BCUT2D eigenvalue weighted by Crippen LogP contribution is -2.22. The first-order valence-electron chi connectivity index (χ1n) is 7.69. The van der Waals surface area contributed by atoms with Gasteiger partial charge in [0.05, 0.1) is 17.7 Å². The maximum atomic E-state index is 12.1. The highest BCUT2D eigenvalue weighted by molar-refractivity contribution is 7.16. The molecule has 0 spiro atoms. The summed E-state index contributed by atoms with van der Waals surface area (Å²) in [4.78, 5) is 40.8. The first-order valence-corrected chi connectivity index (χ1v) is 8.89. The standard InChI is InChI=1S/C17H17ClN2O5S/c1-4-24-17(23)13-9(2)10(3)26-15(13)20-12(21)8-25-16(22)11-6-5-7-19-14(11)18/h5-7H,4,8H2,1-3H3,(H,20,21). The summed E-state index contributed by atoms with van der Waals surface area (Å²) in [6.45, 7) is 5.01. The molecule has 1 amide bonds. The number of thiophene rings is 1. The number of ether oxygens (including phenoxy) is 2. The molecule has 0 fully saturated rings. The second-order valence-corrected chi connectivity index (χ2v) is 6.76. The van der Waals surface area contributed by atoms with Crippen LogP contribution in [-0.2, 0) is 14.3 Å². The molecule has 0 bridgehead atoms. The summed E-state index contributed by atoms with van der Waals surface area (Å²) < 4.78 is 9.96. The van der Waals surface area contributed by atoms with E-state index in [1.165, 1.54) is 29.7 Å². The minimum atomic E-state index is -0.762. The molecule has 2 heterocycles. The molecule has 0 saturated carbocycles. The second-order valence-electron chi connectivity index (χ2n) is 5.17. The number of hydrogen-bond donors (Lipinski definition) is 1. The molecule has 0 aliphatic heterocycles. The first-order chi connectivity index (χ1) is 12.3. The van der Waals surface area contributed by atoms with E-state index in [4.69, 9.17) is 21.1 Å². The van der Waals surface area contributed by atoms with E-state index in [0.717, 1.165) is 10.4 Å². The fraction of sp³-hybridized carbons (Fsp3) is 0.294. The zero-order valence-electron chi connectivity index (χ0n) is 14.4. The van der Waals surface area contributed by atoms with E-state index in [1.54, 1.807) is 13.8 Å². The van der Waals surface area contributed by atoms with Crippen molar-refractivity contribution in [2.24, 2.45) is 0 Å². The van der Waals surface area contributed by atoms with Gasteiger partial charge in [0.1, 0.15) is 10.2 Å². The number of anilines is 1. The number of halogens is 1. The average Bonchev–Trinajstić information content (AvgIpc) is 2.87. The van der Waals surface area contributed by atoms with Crippen LogP contribution in [0.25, 0.3) is 0 Å². The maximum absolute atomic E-state index is 12.1. The van der Waals surface area contributed by atoms with Crippen LogP contribution in [0.4, 0.5) is 5.00 Å². The predicted octanol–water partition coefficient (Wildman–Crippen LogP) is 3.39. The Morgan fingerprint density at radius 3 is 2.62 bits per heavy atom. The summed E-state index contributed by atoms with van der Waals surface area (Å²) in [5, 5.41) is 2.94. The molecule has 0 unspecified atom stereocenters. The first kappa shape index (κ1) is 19.9. The van der Waals surface area contributed by atoms with Crippen molar-refractivity contribution in [1.29, 1.82) is 0 Å². The zero-order valence-corrected chi connectivity index (χ0v) is 16.0. The van der Waals surface area contributed by atoms with Crippen LogP contribution in [0.1, 0.15) is 38.1 Å². The van der Waals surface area contributed by atoms with Gasteiger partial charge in [-0.3, -0.25) is 4.79 Å². The molecular formula is C17H17ClN2O5S. The highest BCUT2D eigenvalue weighted by Crippen LogP contribution is 2.33. The molecule has 0 atom stereocenters. The molecule has 0 radical (unpaired) electrons. The summed E-state index contributed by atoms with van der Waals surface area (Å²) >= 11 is 7.06. The van der Waals surface area contributed by atoms with E-state index in [-0.39, 0.29) is 17.3 Å². The largest absolute Gasteiger partial charge is 0.462 e. The monoisotopic (exact) mass is 396 g/mol. The van der Waals surface area contributed by atoms with E-state index in [0.29, 0.717) is 10.6 Å². The Kier molecular flexibility index (Phi) is 6.70. The van der Waals surface area contributed by atoms with E-state index in [2.05, 4.69) is 10.3 Å². The van der Waals surface area contributed by atoms with Gasteiger partial charge in [0.15, 0.2) is 6.61 Å². The third-order valence-corrected chi connectivity index (χ3v) is 4.86. The smallest absolute Gasteiger partial charge is 0.341 e. The van der Waals surface area contributed by atoms with Crippen LogP contribution in [0.3, 0.4) is 0 Å². The summed E-state index contributed by atoms with van der Waals surface area (Å²) in [7, 11) is 0. The molecule has 26 heavy (non-hydrogen) atoms. The van der Waals surface area contributed by atoms with Gasteiger partial charge in [0, 0.05) is 11.1 Å². The minimum absolute atomic E-state index is 0.00740. The lowest BCUT2D eigenvalue weighted by Gasteiger charge is -2.08. The number of esters is 2. The van der Waals surface area contributed by atoms with E-state index in [1.807, 2.05) is 6.92 Å². The molecular weight excluding hydrogens is 380 g/mol. The van der Waals surface area contributed by atoms with Crippen LogP contribution in [0, 0.1) is 13.8 Å². The Balaban J connectivity index is 2.04. The topological polar surface area (TPSA) is 94.6 Å². The average molecular weight is 397 g/mol. The van der Waals surface area contributed by atoms with Crippen molar-refractivity contribution in [3.05, 3.63) is 45.1 Å². The second kappa shape index (κ2) is 8.77. The summed E-state index contributed by atoms with van der Waals surface area (Å²) in [6.07, 6.45) is 1.43. The number of carbonyl (C=O) groups excluding carboxylic acids is 3. The number of hydrogen-bond acceptors (Lipinski definition) is 7. The molecule has 7 nitrogen and oxygen atoms in total. The third kappa shape index (κ3) is 4.59. The molecule has 2 rings (SSSR count). The Morgan fingerprint density at radius 2 is 1.96 bits per heavy atom. The van der Waals surface area contributed by atoms with E-state index < -0.39 is 24.5 Å². The highest BCUT2D eigenvalue weighted by Gasteiger charge is 2.22. The Morgan fingerprint density at radius 1 is 1.23 bits per heavy atom. The van der Waals surface area contributed by atoms with Gasteiger partial charge in [-0.05, 0) is 38.5 Å². The number of aryl methyl sites for hydroxylation is 1. The molecule has 0 aromatic carbocycles. The minimum Gasteiger partial charge on any atom is -0.462 e. The Bertz CT molecular complexity index is 850. The van der Waals surface area contributed by atoms with Gasteiger partial charge in [0.2, 0.25) is 0 Å². The van der Waals surface area contributed by atoms with Crippen molar-refractivity contribution in [3.8, 4) is 0 Å². The molecule has 2 aromatic rings. The van der Waals surface area contributed by atoms with Gasteiger partial charge in [-0.1, -0.05) is 11.6 Å². The quantitative estimate of drug-likeness (QED) is 0.594. The molecule has 0 saturated heterocycles. The maximum Gasteiger partial charge on any atom is 0.341 e. The van der Waals surface area contributed by atoms with Crippen LogP contribution < -0.4 is 5.32 Å². The number of nitrogens with one attached hydrogen (secondary N) is 1. The fourth-order valence-corrected chi connectivity index (χ4v) is 3.34. The van der Waals surface area contributed by atoms with Crippen molar-refractivity contribution >= 4 is 45.8 Å². The predicted molar refractivity (Wildman–Crippen MR) is 97.9 cm³/mol. The van der Waals surface area contributed by atoms with Crippen LogP contribution >= 0.6 is 22.9 Å². The highest BCUT2D eigenvalue weighted by atomic mass is 35.5. The summed E-state index contributed by atoms with van der Waals surface area (Å²) in [5.74, 6) is -1.85. The molecule has 0 aliphatic carbocycles. The van der Waals surface area contributed by atoms with Crippen LogP contribution in [0.15, 0.2) is 18.3 Å². The van der Waals surface area contributed by atoms with Gasteiger partial charge in [0.25, 0.3) is 5.91 Å². The van der Waals surface area contributed by atoms with Crippen molar-refractivity contribution < 1.29 is 23.9 Å². The van der Waals surface area contributed by atoms with E-state index in [9.17, 15) is 14.4 Å². The number of carbonyl (C=O) groups is 3. The van der Waals surface area contributed by atoms with Crippen LogP contribution in [0.2, 0.25) is 5.15 Å². The van der Waals surface area contributed by atoms with Crippen molar-refractivity contribution in [3.63, 3.8) is 0 Å². The SMILES string of the molecule is CCOC(=O)c1c(NC(=O)COC(=O)c2cccnc2Cl)sc(C)c1C. The number of pyridine rings is 1. The van der Waals surface area contributed by atoms with Crippen molar-refractivity contribution in [2.45, 2.75) is 20.8 Å². The van der Waals surface area contributed by atoms with Crippen LogP contribution in [-0.4, -0.2) is 36.0 Å². The third-order valence-electron chi connectivity index (χ3n) is 3.43. The molecule has 1 N–H and O–H groups in total. The molecule has 138 valence electrons. The zero-order chi connectivity index (χ0) is 19.3. The number of rotatable bonds is 6. The van der Waals surface area contributed by atoms with Gasteiger partial charge in [-0.15, -0.1) is 11.3 Å². The number of amides is 1. The summed E-state index contributed by atoms with van der Waals surface area (Å²) in [6, 6.07) is 2.98. The lowest BCUT2D eigenvalue weighted by atomic mass is 10.1. The van der Waals surface area contributed by atoms with Gasteiger partial charge in [-0.25, -0.2) is 14.6 Å². The van der Waals surface area contributed by atoms with Gasteiger partial charge >= 0.3 is 11.9 Å². The number of nitrogens with zero attached hydrogens (tertiary/aromatic N) is 1. The van der Waals surface area contributed by atoms with Crippen molar-refractivity contribution in [1.82, 2.24) is 4.98 Å². The Labute approximate surface area is 159 Å². The summed E-state index contributed by atoms with van der Waals surface area (Å²) in [5.41, 5.74) is 1.12. The lowest BCUT2D eigenvalue weighted by molar-refractivity contribution is -0.119. The van der Waals surface area contributed by atoms with Gasteiger partial charge in [-0.2, -0.15) is 0 Å². The normalized spacial score (nSPS) is 10.3. The fourth-order valence-electron chi connectivity index (χ4n) is 2.07. The van der Waals surface area contributed by atoms with E-state index >= 15 is 0 Å². The number of aromatic nitrogens is 1. The van der Waals surface area contributed by atoms with Crippen LogP contribution in [0.5, 0.6) is 0 Å². The molecule has 9 heteroatoms. The molecule has 2 aromatic heterocycles.